The number of rotatable bonds is 1. The molecule has 2 aliphatic rings. The molecule has 0 aromatic heterocycles. The Bertz CT molecular complexity index is 279. The zero-order valence-electron chi connectivity index (χ0n) is 11.1. The van der Waals surface area contributed by atoms with Crippen LogP contribution in [0, 0.1) is 18.8 Å². The van der Waals surface area contributed by atoms with Crippen LogP contribution in [0.4, 0.5) is 0 Å². The minimum atomic E-state index is -0.557. The number of hydrogen-bond donors (Lipinski definition) is 1. The van der Waals surface area contributed by atoms with E-state index in [9.17, 15) is 5.11 Å². The van der Waals surface area contributed by atoms with Crippen LogP contribution in [0.15, 0.2) is 0 Å². The van der Waals surface area contributed by atoms with Crippen molar-refractivity contribution in [1.82, 2.24) is 0 Å². The van der Waals surface area contributed by atoms with Crippen LogP contribution in [0.25, 0.3) is 0 Å². The van der Waals surface area contributed by atoms with Crippen molar-refractivity contribution in [1.29, 1.82) is 0 Å². The van der Waals surface area contributed by atoms with Crippen LogP contribution in [-0.2, 0) is 14.2 Å². The van der Waals surface area contributed by atoms with Gasteiger partial charge in [0.15, 0.2) is 5.79 Å². The molecule has 6 atom stereocenters. The van der Waals surface area contributed by atoms with Crippen molar-refractivity contribution >= 4 is 0 Å². The van der Waals surface area contributed by atoms with Gasteiger partial charge in [-0.2, -0.15) is 0 Å². The average molecular weight is 243 g/mol. The second kappa shape index (κ2) is 4.50. The standard InChI is InChI=1S/C13H23O4/c1-7-9(3)16-12(8(2)11(7)14)10-6-15-13(4,5)17-10/h7-12,14H,3,6H2,1-2,4-5H3/t7-,8+,9+,10+,11-,12+/m0/s1. The van der Waals surface area contributed by atoms with Crippen LogP contribution >= 0.6 is 0 Å². The Balaban J connectivity index is 2.06. The fraction of sp³-hybridized carbons (Fsp3) is 0.923. The molecular weight excluding hydrogens is 220 g/mol. The van der Waals surface area contributed by atoms with E-state index in [1.165, 1.54) is 0 Å². The Morgan fingerprint density at radius 3 is 2.41 bits per heavy atom. The van der Waals surface area contributed by atoms with Gasteiger partial charge in [-0.05, 0) is 20.8 Å². The molecule has 0 aliphatic carbocycles. The Hall–Kier alpha value is -0.160. The van der Waals surface area contributed by atoms with Gasteiger partial charge in [0.25, 0.3) is 0 Å². The van der Waals surface area contributed by atoms with Crippen LogP contribution < -0.4 is 0 Å². The molecule has 0 aromatic rings. The van der Waals surface area contributed by atoms with Crippen molar-refractivity contribution in [3.05, 3.63) is 6.92 Å². The third-order valence-corrected chi connectivity index (χ3v) is 3.91. The monoisotopic (exact) mass is 243 g/mol. The van der Waals surface area contributed by atoms with E-state index in [1.54, 1.807) is 0 Å². The van der Waals surface area contributed by atoms with E-state index in [1.807, 2.05) is 27.7 Å². The van der Waals surface area contributed by atoms with Gasteiger partial charge in [-0.15, -0.1) is 0 Å². The highest BCUT2D eigenvalue weighted by atomic mass is 16.7. The van der Waals surface area contributed by atoms with E-state index < -0.39 is 11.9 Å². The van der Waals surface area contributed by atoms with Gasteiger partial charge in [0, 0.05) is 11.8 Å². The minimum absolute atomic E-state index is 0.0329. The molecule has 0 bridgehead atoms. The number of aliphatic hydroxyl groups excluding tert-OH is 1. The smallest absolute Gasteiger partial charge is 0.163 e. The third-order valence-electron chi connectivity index (χ3n) is 3.91. The molecule has 0 amide bonds. The molecule has 2 saturated heterocycles. The first-order valence-electron chi connectivity index (χ1n) is 6.30. The van der Waals surface area contributed by atoms with Gasteiger partial charge >= 0.3 is 0 Å². The second-order valence-electron chi connectivity index (χ2n) is 5.72. The number of ether oxygens (including phenoxy) is 3. The third kappa shape index (κ3) is 2.50. The fourth-order valence-corrected chi connectivity index (χ4v) is 2.65. The van der Waals surface area contributed by atoms with Crippen LogP contribution in [0.3, 0.4) is 0 Å². The quantitative estimate of drug-likeness (QED) is 0.755. The molecule has 2 rings (SSSR count). The lowest BCUT2D eigenvalue weighted by molar-refractivity contribution is -0.204. The van der Waals surface area contributed by atoms with Crippen LogP contribution in [-0.4, -0.2) is 41.9 Å². The molecule has 0 spiro atoms. The molecule has 4 nitrogen and oxygen atoms in total. The second-order valence-corrected chi connectivity index (χ2v) is 5.72. The highest BCUT2D eigenvalue weighted by Gasteiger charge is 2.46. The maximum Gasteiger partial charge on any atom is 0.163 e. The highest BCUT2D eigenvalue weighted by molar-refractivity contribution is 4.93. The van der Waals surface area contributed by atoms with Gasteiger partial charge in [-0.3, -0.25) is 0 Å². The van der Waals surface area contributed by atoms with Crippen LogP contribution in [0.5, 0.6) is 0 Å². The van der Waals surface area contributed by atoms with E-state index in [4.69, 9.17) is 14.2 Å². The molecule has 1 N–H and O–H groups in total. The Labute approximate surface area is 103 Å². The van der Waals surface area contributed by atoms with Gasteiger partial charge in [0.1, 0.15) is 6.10 Å². The maximum absolute atomic E-state index is 10.2. The number of hydrogen-bond acceptors (Lipinski definition) is 4. The van der Waals surface area contributed by atoms with E-state index in [2.05, 4.69) is 6.92 Å². The van der Waals surface area contributed by atoms with Crippen molar-refractivity contribution in [2.45, 2.75) is 57.9 Å². The summed E-state index contributed by atoms with van der Waals surface area (Å²) in [6.45, 7) is 12.2. The first kappa shape index (κ1) is 13.3. The zero-order valence-corrected chi connectivity index (χ0v) is 11.1. The molecule has 4 heteroatoms. The lowest BCUT2D eigenvalue weighted by Crippen LogP contribution is -2.53. The fourth-order valence-electron chi connectivity index (χ4n) is 2.65. The Morgan fingerprint density at radius 1 is 1.24 bits per heavy atom. The summed E-state index contributed by atoms with van der Waals surface area (Å²) in [5.41, 5.74) is 0. The molecule has 2 heterocycles. The average Bonchev–Trinajstić information content (AvgIpc) is 2.61. The largest absolute Gasteiger partial charge is 0.392 e. The maximum atomic E-state index is 10.2. The van der Waals surface area contributed by atoms with E-state index in [0.717, 1.165) is 0 Å². The summed E-state index contributed by atoms with van der Waals surface area (Å²) >= 11 is 0. The Kier molecular flexibility index (Phi) is 3.51. The van der Waals surface area contributed by atoms with Crippen molar-refractivity contribution in [2.24, 2.45) is 11.8 Å². The van der Waals surface area contributed by atoms with Gasteiger partial charge in [-0.1, -0.05) is 13.8 Å². The summed E-state index contributed by atoms with van der Waals surface area (Å²) in [6.07, 6.45) is -0.862. The van der Waals surface area contributed by atoms with Crippen LogP contribution in [0.1, 0.15) is 27.7 Å². The van der Waals surface area contributed by atoms with Crippen molar-refractivity contribution in [3.8, 4) is 0 Å². The van der Waals surface area contributed by atoms with Gasteiger partial charge in [0.2, 0.25) is 0 Å². The van der Waals surface area contributed by atoms with Gasteiger partial charge < -0.3 is 19.3 Å². The normalized spacial score (nSPS) is 50.5. The molecule has 1 radical (unpaired) electrons. The first-order valence-corrected chi connectivity index (χ1v) is 6.30. The zero-order chi connectivity index (χ0) is 12.8. The van der Waals surface area contributed by atoms with Crippen molar-refractivity contribution in [3.63, 3.8) is 0 Å². The predicted octanol–water partition coefficient (Wildman–Crippen LogP) is 1.37. The molecule has 2 fully saturated rings. The lowest BCUT2D eigenvalue weighted by Gasteiger charge is -2.43. The Morgan fingerprint density at radius 2 is 1.88 bits per heavy atom. The SMILES string of the molecule is [CH2][C@H]1O[C@@H]([C@H]2COC(C)(C)O2)[C@H](C)[C@@H](O)[C@H]1C. The summed E-state index contributed by atoms with van der Waals surface area (Å²) in [6, 6.07) is 0. The molecule has 0 aromatic carbocycles. The van der Waals surface area contributed by atoms with Gasteiger partial charge in [0.05, 0.1) is 24.9 Å². The summed E-state index contributed by atoms with van der Waals surface area (Å²) in [5.74, 6) is -0.472. The molecule has 0 unspecified atom stereocenters. The van der Waals surface area contributed by atoms with E-state index >= 15 is 0 Å². The molecule has 2 aliphatic heterocycles. The number of aliphatic hydroxyl groups is 1. The summed E-state index contributed by atoms with van der Waals surface area (Å²) in [5, 5.41) is 10.2. The predicted molar refractivity (Wildman–Crippen MR) is 63.3 cm³/mol. The molecular formula is C13H23O4. The van der Waals surface area contributed by atoms with E-state index in [0.29, 0.717) is 6.61 Å². The molecule has 0 saturated carbocycles. The molecule has 17 heavy (non-hydrogen) atoms. The van der Waals surface area contributed by atoms with Crippen molar-refractivity contribution < 1.29 is 19.3 Å². The first-order chi connectivity index (χ1) is 7.82. The molecule has 99 valence electrons. The summed E-state index contributed by atoms with van der Waals surface area (Å²) < 4.78 is 17.2. The van der Waals surface area contributed by atoms with E-state index in [-0.39, 0.29) is 30.1 Å². The lowest BCUT2D eigenvalue weighted by atomic mass is 9.81. The minimum Gasteiger partial charge on any atom is -0.392 e. The van der Waals surface area contributed by atoms with Gasteiger partial charge in [-0.25, -0.2) is 0 Å². The topological polar surface area (TPSA) is 47.9 Å². The van der Waals surface area contributed by atoms with Crippen molar-refractivity contribution in [2.75, 3.05) is 6.61 Å². The highest BCUT2D eigenvalue weighted by Crippen LogP contribution is 2.36. The summed E-state index contributed by atoms with van der Waals surface area (Å²) in [4.78, 5) is 0. The van der Waals surface area contributed by atoms with Crippen LogP contribution in [0.2, 0.25) is 0 Å². The summed E-state index contributed by atoms with van der Waals surface area (Å²) in [7, 11) is 0.